The molecule has 0 N–H and O–H groups in total. The Hall–Kier alpha value is -3.27. The molecule has 0 atom stereocenters. The van der Waals surface area contributed by atoms with Gasteiger partial charge in [-0.1, -0.05) is 12.8 Å². The van der Waals surface area contributed by atoms with Crippen molar-refractivity contribution in [3.63, 3.8) is 0 Å². The highest BCUT2D eigenvalue weighted by molar-refractivity contribution is 5.91. The minimum atomic E-state index is -0.750. The number of nitrogens with zero attached hydrogens (tertiary/aromatic N) is 2. The molecule has 0 amide bonds. The van der Waals surface area contributed by atoms with Crippen molar-refractivity contribution in [1.82, 2.24) is 0 Å². The van der Waals surface area contributed by atoms with Crippen LogP contribution in [-0.2, 0) is 17.8 Å². The van der Waals surface area contributed by atoms with Crippen LogP contribution in [0.4, 0.5) is 0 Å². The summed E-state index contributed by atoms with van der Waals surface area (Å²) < 4.78 is 25.2. The lowest BCUT2D eigenvalue weighted by Crippen LogP contribution is -3.00. The molecule has 0 saturated heterocycles. The van der Waals surface area contributed by atoms with Crippen LogP contribution in [0.5, 0.6) is 23.0 Å². The van der Waals surface area contributed by atoms with Crippen LogP contribution in [0.3, 0.4) is 0 Å². The molecule has 0 spiro atoms. The largest absolute Gasteiger partial charge is 1.00 e. The number of hydrogen-bond donors (Lipinski definition) is 0. The fraction of sp³-hybridized carbons (Fsp3) is 0.400. The molecule has 9 nitrogen and oxygen atoms in total. The van der Waals surface area contributed by atoms with Crippen molar-refractivity contribution in [2.75, 3.05) is 27.1 Å². The monoisotopic (exact) mass is 546 g/mol. The van der Waals surface area contributed by atoms with Gasteiger partial charge in [-0.3, -0.25) is 0 Å². The van der Waals surface area contributed by atoms with Gasteiger partial charge < -0.3 is 40.8 Å². The highest BCUT2D eigenvalue weighted by Crippen LogP contribution is 2.41. The molecule has 2 aliphatic rings. The SMILES string of the molecule is COc1ccc2cc3[n+](cc2c1OCCCCCCO[N+](=O)[O-])CCc1cc2c(cc1-3)OCO2.[Br-]. The molecule has 3 heterocycles. The molecule has 3 aromatic rings. The summed E-state index contributed by atoms with van der Waals surface area (Å²) in [6.45, 7) is 1.81. The van der Waals surface area contributed by atoms with Gasteiger partial charge >= 0.3 is 0 Å². The molecule has 1 aromatic heterocycles. The molecule has 0 bridgehead atoms. The molecule has 5 rings (SSSR count). The van der Waals surface area contributed by atoms with Crippen LogP contribution in [0.15, 0.2) is 36.5 Å². The van der Waals surface area contributed by atoms with E-state index in [0.29, 0.717) is 18.8 Å². The first-order chi connectivity index (χ1) is 16.6. The first-order valence-electron chi connectivity index (χ1n) is 11.5. The van der Waals surface area contributed by atoms with Gasteiger partial charge in [0.05, 0.1) is 31.3 Å². The number of pyridine rings is 1. The minimum absolute atomic E-state index is 0. The van der Waals surface area contributed by atoms with E-state index in [1.165, 1.54) is 5.56 Å². The molecule has 10 heteroatoms. The standard InChI is InChI=1S/C25H27N2O7.BrH/c1-30-22-7-6-17-12-21-19-14-24-23(32-16-33-24)13-18(19)8-9-26(21)15-20(17)25(22)31-10-4-2-3-5-11-34-27(28)29;/h6-7,12-15H,2-5,8-11,16H2,1H3;1H/q+1;/p-1. The number of ether oxygens (including phenoxy) is 4. The van der Waals surface area contributed by atoms with Crippen LogP contribution in [0.2, 0.25) is 0 Å². The highest BCUT2D eigenvalue weighted by atomic mass is 79.9. The zero-order chi connectivity index (χ0) is 23.5. The van der Waals surface area contributed by atoms with E-state index < -0.39 is 5.09 Å². The van der Waals surface area contributed by atoms with Crippen LogP contribution >= 0.6 is 0 Å². The van der Waals surface area contributed by atoms with Crippen molar-refractivity contribution >= 4 is 10.8 Å². The molecular weight excluding hydrogens is 520 g/mol. The number of methoxy groups -OCH3 is 1. The van der Waals surface area contributed by atoms with E-state index in [2.05, 4.69) is 39.9 Å². The van der Waals surface area contributed by atoms with E-state index in [-0.39, 0.29) is 30.4 Å². The predicted octanol–water partition coefficient (Wildman–Crippen LogP) is 1.24. The predicted molar refractivity (Wildman–Crippen MR) is 123 cm³/mol. The van der Waals surface area contributed by atoms with Gasteiger partial charge in [0.15, 0.2) is 35.7 Å². The van der Waals surface area contributed by atoms with E-state index in [4.69, 9.17) is 18.9 Å². The van der Waals surface area contributed by atoms with Gasteiger partial charge in [0, 0.05) is 12.5 Å². The van der Waals surface area contributed by atoms with Crippen molar-refractivity contribution in [2.24, 2.45) is 0 Å². The third kappa shape index (κ3) is 5.22. The number of benzene rings is 2. The average Bonchev–Trinajstić information content (AvgIpc) is 3.30. The summed E-state index contributed by atoms with van der Waals surface area (Å²) in [5.74, 6) is 3.05. The summed E-state index contributed by atoms with van der Waals surface area (Å²) in [5, 5.41) is 11.5. The van der Waals surface area contributed by atoms with E-state index in [9.17, 15) is 10.1 Å². The number of fused-ring (bicyclic) bond motifs is 5. The average molecular weight is 547 g/mol. The lowest BCUT2D eigenvalue weighted by molar-refractivity contribution is -0.757. The van der Waals surface area contributed by atoms with Crippen molar-refractivity contribution < 1.29 is 50.4 Å². The number of aryl methyl sites for hydroxylation is 2. The quantitative estimate of drug-likeness (QED) is 0.163. The van der Waals surface area contributed by atoms with E-state index in [1.54, 1.807) is 7.11 Å². The van der Waals surface area contributed by atoms with Gasteiger partial charge in [-0.2, -0.15) is 4.57 Å². The van der Waals surface area contributed by atoms with Crippen LogP contribution in [0.25, 0.3) is 22.0 Å². The van der Waals surface area contributed by atoms with Crippen molar-refractivity contribution in [3.05, 3.63) is 52.2 Å². The third-order valence-corrected chi connectivity index (χ3v) is 6.28. The van der Waals surface area contributed by atoms with E-state index >= 15 is 0 Å². The van der Waals surface area contributed by atoms with Crippen molar-refractivity contribution in [2.45, 2.75) is 38.6 Å². The van der Waals surface area contributed by atoms with E-state index in [0.717, 1.165) is 71.5 Å². The Kier molecular flexibility index (Phi) is 7.80. The molecule has 0 aliphatic carbocycles. The number of hydrogen-bond acceptors (Lipinski definition) is 7. The van der Waals surface area contributed by atoms with Crippen LogP contribution in [0, 0.1) is 10.1 Å². The number of rotatable bonds is 10. The van der Waals surface area contributed by atoms with Gasteiger partial charge in [-0.15, -0.1) is 10.1 Å². The summed E-state index contributed by atoms with van der Waals surface area (Å²) in [5.41, 5.74) is 3.56. The van der Waals surface area contributed by atoms with Gasteiger partial charge in [0.2, 0.25) is 12.5 Å². The number of halogens is 1. The van der Waals surface area contributed by atoms with Crippen molar-refractivity contribution in [1.29, 1.82) is 0 Å². The molecule has 2 aliphatic heterocycles. The zero-order valence-corrected chi connectivity index (χ0v) is 21.0. The molecule has 186 valence electrons. The highest BCUT2D eigenvalue weighted by Gasteiger charge is 2.28. The normalized spacial score (nSPS) is 12.9. The summed E-state index contributed by atoms with van der Waals surface area (Å²) >= 11 is 0. The van der Waals surface area contributed by atoms with Crippen molar-refractivity contribution in [3.8, 4) is 34.3 Å². The lowest BCUT2D eigenvalue weighted by atomic mass is 9.95. The second-order valence-corrected chi connectivity index (χ2v) is 8.38. The number of aromatic nitrogens is 1. The second-order valence-electron chi connectivity index (χ2n) is 8.38. The lowest BCUT2D eigenvalue weighted by Gasteiger charge is -2.18. The second kappa shape index (κ2) is 11.0. The molecule has 2 aromatic carbocycles. The van der Waals surface area contributed by atoms with E-state index in [1.807, 2.05) is 6.07 Å². The maximum absolute atomic E-state index is 10.2. The molecule has 0 radical (unpaired) electrons. The molecule has 0 saturated carbocycles. The molecule has 35 heavy (non-hydrogen) atoms. The summed E-state index contributed by atoms with van der Waals surface area (Å²) in [4.78, 5) is 14.5. The maximum Gasteiger partial charge on any atom is 0.294 e. The molecule has 0 fully saturated rings. The Morgan fingerprint density at radius 3 is 2.60 bits per heavy atom. The number of unbranched alkanes of at least 4 members (excludes halogenated alkanes) is 3. The maximum atomic E-state index is 10.2. The smallest absolute Gasteiger partial charge is 0.294 e. The van der Waals surface area contributed by atoms with Gasteiger partial charge in [-0.25, -0.2) is 0 Å². The first kappa shape index (κ1) is 24.8. The van der Waals surface area contributed by atoms with Crippen LogP contribution in [-0.4, -0.2) is 32.2 Å². The molecule has 0 unspecified atom stereocenters. The summed E-state index contributed by atoms with van der Waals surface area (Å²) in [7, 11) is 1.65. The first-order valence-corrected chi connectivity index (χ1v) is 11.5. The van der Waals surface area contributed by atoms with Gasteiger partial charge in [0.1, 0.15) is 0 Å². The van der Waals surface area contributed by atoms with Crippen LogP contribution < -0.4 is 40.5 Å². The Labute approximate surface area is 213 Å². The molecular formula is C25H27BrN2O7. The Morgan fingerprint density at radius 2 is 1.83 bits per heavy atom. The third-order valence-electron chi connectivity index (χ3n) is 6.28. The summed E-state index contributed by atoms with van der Waals surface area (Å²) in [6, 6.07) is 10.4. The van der Waals surface area contributed by atoms with Crippen LogP contribution in [0.1, 0.15) is 31.2 Å². The minimum Gasteiger partial charge on any atom is -1.00 e. The fourth-order valence-electron chi connectivity index (χ4n) is 4.58. The Balaban J connectivity index is 0.00000289. The zero-order valence-electron chi connectivity index (χ0n) is 19.5. The fourth-order valence-corrected chi connectivity index (χ4v) is 4.58. The Morgan fingerprint density at radius 1 is 1.06 bits per heavy atom. The van der Waals surface area contributed by atoms with Gasteiger partial charge in [0.25, 0.3) is 5.09 Å². The summed E-state index contributed by atoms with van der Waals surface area (Å²) in [6.07, 6.45) is 6.32. The topological polar surface area (TPSA) is 93.2 Å². The van der Waals surface area contributed by atoms with Gasteiger partial charge in [-0.05, 0) is 48.1 Å². The Bertz CT molecular complexity index is 1230.